The van der Waals surface area contributed by atoms with Crippen LogP contribution in [0, 0.1) is 0 Å². The molecular formula is C21H22N2O3. The summed E-state index contributed by atoms with van der Waals surface area (Å²) in [4.78, 5) is 16.3. The molecule has 2 aromatic carbocycles. The van der Waals surface area contributed by atoms with Gasteiger partial charge >= 0.3 is 0 Å². The second-order valence-electron chi connectivity index (χ2n) is 6.45. The summed E-state index contributed by atoms with van der Waals surface area (Å²) in [5, 5.41) is 11.0. The summed E-state index contributed by atoms with van der Waals surface area (Å²) in [6.45, 7) is 4.51. The molecule has 0 unspecified atom stereocenters. The van der Waals surface area contributed by atoms with E-state index in [-0.39, 0.29) is 11.1 Å². The van der Waals surface area contributed by atoms with Crippen molar-refractivity contribution in [2.24, 2.45) is 0 Å². The van der Waals surface area contributed by atoms with Gasteiger partial charge in [-0.15, -0.1) is 0 Å². The van der Waals surface area contributed by atoms with Crippen molar-refractivity contribution < 1.29 is 9.84 Å². The van der Waals surface area contributed by atoms with Crippen molar-refractivity contribution in [3.8, 4) is 11.5 Å². The maximum Gasteiger partial charge on any atom is 0.284 e. The van der Waals surface area contributed by atoms with Crippen LogP contribution in [0.15, 0.2) is 59.2 Å². The second kappa shape index (κ2) is 7.44. The molecule has 5 nitrogen and oxygen atoms in total. The lowest BCUT2D eigenvalue weighted by atomic mass is 10.0. The standard InChI is InChI=1S/C21H22N2O3/c1-14(2)9-10-16-18(26-3)11-17-19(20(16)24)21(25)22-13-23(17)12-15-7-5-4-6-8-15/h4-9,11,13,24H,10,12H2,1-3H3. The molecule has 0 atom stereocenters. The Labute approximate surface area is 152 Å². The fourth-order valence-electron chi connectivity index (χ4n) is 2.95. The number of rotatable bonds is 5. The number of aromatic hydroxyl groups is 1. The highest BCUT2D eigenvalue weighted by Gasteiger charge is 2.17. The average Bonchev–Trinajstić information content (AvgIpc) is 2.63. The van der Waals surface area contributed by atoms with E-state index in [0.717, 1.165) is 11.1 Å². The van der Waals surface area contributed by atoms with E-state index in [1.807, 2.05) is 54.8 Å². The second-order valence-corrected chi connectivity index (χ2v) is 6.45. The molecule has 134 valence electrons. The first kappa shape index (κ1) is 17.7. The lowest BCUT2D eigenvalue weighted by Crippen LogP contribution is -2.14. The zero-order valence-corrected chi connectivity index (χ0v) is 15.2. The molecule has 0 aliphatic carbocycles. The van der Waals surface area contributed by atoms with Crippen LogP contribution in [0.25, 0.3) is 10.9 Å². The minimum atomic E-state index is -0.442. The molecule has 0 spiro atoms. The Morgan fingerprint density at radius 3 is 2.65 bits per heavy atom. The highest BCUT2D eigenvalue weighted by molar-refractivity contribution is 5.88. The Bertz CT molecular complexity index is 1020. The third-order valence-electron chi connectivity index (χ3n) is 4.31. The molecule has 0 bridgehead atoms. The SMILES string of the molecule is COc1cc2c(c(O)c1CC=C(C)C)c(=O)ncn2Cc1ccccc1. The Hall–Kier alpha value is -3.08. The Balaban J connectivity index is 2.21. The number of nitrogens with zero attached hydrogens (tertiary/aromatic N) is 2. The van der Waals surface area contributed by atoms with E-state index >= 15 is 0 Å². The van der Waals surface area contributed by atoms with Crippen LogP contribution in [0.1, 0.15) is 25.0 Å². The van der Waals surface area contributed by atoms with Crippen molar-refractivity contribution in [2.45, 2.75) is 26.8 Å². The van der Waals surface area contributed by atoms with Crippen LogP contribution in [0.5, 0.6) is 11.5 Å². The number of allylic oxidation sites excluding steroid dienone is 2. The topological polar surface area (TPSA) is 64.3 Å². The summed E-state index contributed by atoms with van der Waals surface area (Å²) in [6, 6.07) is 11.7. The predicted molar refractivity (Wildman–Crippen MR) is 103 cm³/mol. The van der Waals surface area contributed by atoms with E-state index in [1.54, 1.807) is 13.2 Å². The molecule has 3 rings (SSSR count). The van der Waals surface area contributed by atoms with Crippen LogP contribution in [0.2, 0.25) is 0 Å². The van der Waals surface area contributed by atoms with E-state index in [0.29, 0.717) is 29.8 Å². The lowest BCUT2D eigenvalue weighted by molar-refractivity contribution is 0.402. The molecular weight excluding hydrogens is 328 g/mol. The van der Waals surface area contributed by atoms with Gasteiger partial charge in [0.15, 0.2) is 0 Å². The molecule has 3 aromatic rings. The van der Waals surface area contributed by atoms with Crippen LogP contribution in [-0.2, 0) is 13.0 Å². The Morgan fingerprint density at radius 1 is 1.27 bits per heavy atom. The van der Waals surface area contributed by atoms with E-state index in [4.69, 9.17) is 4.74 Å². The number of fused-ring (bicyclic) bond motifs is 1. The molecule has 0 aliphatic rings. The summed E-state index contributed by atoms with van der Waals surface area (Å²) in [6.07, 6.45) is 3.98. The lowest BCUT2D eigenvalue weighted by Gasteiger charge is -2.15. The Kier molecular flexibility index (Phi) is 5.07. The first-order chi connectivity index (χ1) is 12.5. The van der Waals surface area contributed by atoms with Gasteiger partial charge in [-0.25, -0.2) is 0 Å². The summed E-state index contributed by atoms with van der Waals surface area (Å²) < 4.78 is 7.33. The number of hydrogen-bond donors (Lipinski definition) is 1. The number of benzene rings is 2. The molecule has 0 fully saturated rings. The molecule has 0 radical (unpaired) electrons. The fourth-order valence-corrected chi connectivity index (χ4v) is 2.95. The number of ether oxygens (including phenoxy) is 1. The third-order valence-corrected chi connectivity index (χ3v) is 4.31. The number of phenolic OH excluding ortho intramolecular Hbond substituents is 1. The van der Waals surface area contributed by atoms with Gasteiger partial charge < -0.3 is 14.4 Å². The molecule has 0 aliphatic heterocycles. The molecule has 0 amide bonds. The summed E-state index contributed by atoms with van der Waals surface area (Å²) in [5.41, 5.74) is 2.95. The number of phenols is 1. The molecule has 26 heavy (non-hydrogen) atoms. The predicted octanol–water partition coefficient (Wildman–Crippen LogP) is 3.67. The normalized spacial score (nSPS) is 10.7. The van der Waals surface area contributed by atoms with Crippen molar-refractivity contribution >= 4 is 10.9 Å². The van der Waals surface area contributed by atoms with Crippen molar-refractivity contribution in [3.05, 3.63) is 75.9 Å². The molecule has 1 aromatic heterocycles. The minimum Gasteiger partial charge on any atom is -0.507 e. The first-order valence-electron chi connectivity index (χ1n) is 8.46. The van der Waals surface area contributed by atoms with Crippen LogP contribution in [0.3, 0.4) is 0 Å². The summed E-state index contributed by atoms with van der Waals surface area (Å²) >= 11 is 0. The van der Waals surface area contributed by atoms with E-state index < -0.39 is 5.56 Å². The van der Waals surface area contributed by atoms with Gasteiger partial charge in [0.2, 0.25) is 0 Å². The van der Waals surface area contributed by atoms with E-state index in [9.17, 15) is 9.90 Å². The minimum absolute atomic E-state index is 0.0586. The van der Waals surface area contributed by atoms with Gasteiger partial charge in [-0.2, -0.15) is 4.98 Å². The third kappa shape index (κ3) is 3.47. The van der Waals surface area contributed by atoms with Crippen LogP contribution in [0.4, 0.5) is 0 Å². The molecule has 0 saturated heterocycles. The summed E-state index contributed by atoms with van der Waals surface area (Å²) in [5.74, 6) is 0.497. The average molecular weight is 350 g/mol. The maximum absolute atomic E-state index is 12.4. The van der Waals surface area contributed by atoms with Gasteiger partial charge in [0.25, 0.3) is 5.56 Å². The molecule has 0 saturated carbocycles. The van der Waals surface area contributed by atoms with Crippen LogP contribution < -0.4 is 10.3 Å². The summed E-state index contributed by atoms with van der Waals surface area (Å²) in [7, 11) is 1.56. The monoisotopic (exact) mass is 350 g/mol. The Morgan fingerprint density at radius 2 is 2.00 bits per heavy atom. The number of hydrogen-bond acceptors (Lipinski definition) is 4. The van der Waals surface area contributed by atoms with Crippen molar-refractivity contribution in [1.82, 2.24) is 9.55 Å². The van der Waals surface area contributed by atoms with Gasteiger partial charge in [-0.1, -0.05) is 42.0 Å². The van der Waals surface area contributed by atoms with Crippen LogP contribution in [-0.4, -0.2) is 21.8 Å². The van der Waals surface area contributed by atoms with Crippen LogP contribution >= 0.6 is 0 Å². The number of aromatic nitrogens is 2. The highest BCUT2D eigenvalue weighted by Crippen LogP contribution is 2.35. The fraction of sp³-hybridized carbons (Fsp3) is 0.238. The highest BCUT2D eigenvalue weighted by atomic mass is 16.5. The van der Waals surface area contributed by atoms with Gasteiger partial charge in [-0.3, -0.25) is 4.79 Å². The maximum atomic E-state index is 12.4. The van der Waals surface area contributed by atoms with E-state index in [2.05, 4.69) is 4.98 Å². The van der Waals surface area contributed by atoms with Crippen molar-refractivity contribution in [3.63, 3.8) is 0 Å². The quantitative estimate of drug-likeness (QED) is 0.713. The number of methoxy groups -OCH3 is 1. The largest absolute Gasteiger partial charge is 0.507 e. The zero-order valence-electron chi connectivity index (χ0n) is 15.2. The van der Waals surface area contributed by atoms with Crippen molar-refractivity contribution in [1.29, 1.82) is 0 Å². The van der Waals surface area contributed by atoms with E-state index in [1.165, 1.54) is 6.33 Å². The first-order valence-corrected chi connectivity index (χ1v) is 8.46. The molecule has 1 N–H and O–H groups in total. The van der Waals surface area contributed by atoms with Crippen molar-refractivity contribution in [2.75, 3.05) is 7.11 Å². The van der Waals surface area contributed by atoms with Gasteiger partial charge in [-0.05, 0) is 25.8 Å². The van der Waals surface area contributed by atoms with Gasteiger partial charge in [0, 0.05) is 18.2 Å². The zero-order chi connectivity index (χ0) is 18.7. The molecule has 5 heteroatoms. The van der Waals surface area contributed by atoms with Gasteiger partial charge in [0.1, 0.15) is 16.9 Å². The molecule has 1 heterocycles. The smallest absolute Gasteiger partial charge is 0.284 e. The van der Waals surface area contributed by atoms with Gasteiger partial charge in [0.05, 0.1) is 19.0 Å².